The van der Waals surface area contributed by atoms with E-state index in [1.165, 1.54) is 0 Å². The first-order chi connectivity index (χ1) is 4.04. The number of rotatable bonds is 0. The summed E-state index contributed by atoms with van der Waals surface area (Å²) in [6.07, 6.45) is 0. The van der Waals surface area contributed by atoms with Crippen molar-refractivity contribution in [2.45, 2.75) is 7.43 Å². The number of nitrogens with two attached hydrogens (primary N) is 2. The molecule has 5 heteroatoms. The van der Waals surface area contributed by atoms with Gasteiger partial charge in [-0.1, -0.05) is 7.43 Å². The molecule has 0 atom stereocenters. The molecule has 10 heavy (non-hydrogen) atoms. The molecule has 0 spiro atoms. The Balaban J connectivity index is 0. The third-order valence-electron chi connectivity index (χ3n) is 0.693. The minimum absolute atomic E-state index is 0. The molecule has 0 amide bonds. The molecule has 60 valence electrons. The van der Waals surface area contributed by atoms with Crippen LogP contribution in [-0.2, 0) is 0 Å². The Morgan fingerprint density at radius 1 is 1.40 bits per heavy atom. The van der Waals surface area contributed by atoms with Gasteiger partial charge >= 0.3 is 0 Å². The van der Waals surface area contributed by atoms with Crippen molar-refractivity contribution in [3.8, 4) is 0 Å². The van der Waals surface area contributed by atoms with Gasteiger partial charge in [0.15, 0.2) is 5.96 Å². The molecule has 0 fully saturated rings. The van der Waals surface area contributed by atoms with E-state index in [1.54, 1.807) is 19.0 Å². The first-order valence-corrected chi connectivity index (χ1v) is 2.39. The predicted octanol–water partition coefficient (Wildman–Crippen LogP) is -0.608. The topological polar surface area (TPSA) is 91.5 Å². The maximum Gasteiger partial charge on any atom is 0.215 e. The second kappa shape index (κ2) is 4.60. The van der Waals surface area contributed by atoms with E-state index in [4.69, 9.17) is 16.9 Å². The van der Waals surface area contributed by atoms with Crippen LogP contribution in [0.5, 0.6) is 0 Å². The van der Waals surface area contributed by atoms with Crippen LogP contribution in [0.25, 0.3) is 0 Å². The number of nitrogens with one attached hydrogen (secondary N) is 1. The summed E-state index contributed by atoms with van der Waals surface area (Å²) in [4.78, 5) is 5.03. The molecule has 0 aliphatic carbocycles. The smallest absolute Gasteiger partial charge is 0.215 e. The molecule has 0 aliphatic rings. The number of hydrogen-bond donors (Lipinski definition) is 3. The molecule has 0 aromatic carbocycles. The van der Waals surface area contributed by atoms with Crippen LogP contribution in [0.1, 0.15) is 7.43 Å². The molecular weight excluding hydrogens is 130 g/mol. The van der Waals surface area contributed by atoms with Gasteiger partial charge in [-0.25, -0.2) is 0 Å². The summed E-state index contributed by atoms with van der Waals surface area (Å²) in [6.45, 7) is 0. The van der Waals surface area contributed by atoms with Gasteiger partial charge in [-0.3, -0.25) is 5.41 Å². The highest BCUT2D eigenvalue weighted by molar-refractivity contribution is 5.91. The van der Waals surface area contributed by atoms with Crippen molar-refractivity contribution in [3.05, 3.63) is 0 Å². The Morgan fingerprint density at radius 3 is 1.90 bits per heavy atom. The highest BCUT2D eigenvalue weighted by Crippen LogP contribution is 1.73. The summed E-state index contributed by atoms with van der Waals surface area (Å²) < 4.78 is 0. The molecule has 0 saturated heterocycles. The summed E-state index contributed by atoms with van der Waals surface area (Å²) in [7, 11) is 3.45. The molecule has 5 nitrogen and oxygen atoms in total. The maximum absolute atomic E-state index is 6.70. The zero-order chi connectivity index (χ0) is 7.44. The van der Waals surface area contributed by atoms with E-state index in [2.05, 4.69) is 4.99 Å². The normalized spacial score (nSPS) is 10.0. The Labute approximate surface area is 61.2 Å². The van der Waals surface area contributed by atoms with Gasteiger partial charge in [0.1, 0.15) is 0 Å². The molecule has 0 heterocycles. The largest absolute Gasteiger partial charge is 0.369 e. The van der Waals surface area contributed by atoms with Crippen molar-refractivity contribution in [1.82, 2.24) is 4.90 Å². The molecule has 0 aromatic rings. The van der Waals surface area contributed by atoms with E-state index in [0.717, 1.165) is 0 Å². The lowest BCUT2D eigenvalue weighted by Gasteiger charge is -2.08. The lowest BCUT2D eigenvalue weighted by molar-refractivity contribution is 0.615. The maximum atomic E-state index is 6.70. The fraction of sp³-hybridized carbons (Fsp3) is 0.600. The average Bonchev–Trinajstić information content (AvgIpc) is 1.63. The van der Waals surface area contributed by atoms with E-state index < -0.39 is 0 Å². The molecule has 0 aromatic heterocycles. The van der Waals surface area contributed by atoms with Gasteiger partial charge in [-0.15, -0.1) is 0 Å². The fourth-order valence-electron chi connectivity index (χ4n) is 0.223. The number of aliphatic imine (C=N–C) groups is 1. The highest BCUT2D eigenvalue weighted by atomic mass is 15.2. The SMILES string of the molecule is C.CN(C)C(N)=NC(=N)N. The van der Waals surface area contributed by atoms with Crippen molar-refractivity contribution in [3.63, 3.8) is 0 Å². The van der Waals surface area contributed by atoms with Crippen molar-refractivity contribution in [2.24, 2.45) is 16.5 Å². The molecule has 0 unspecified atom stereocenters. The van der Waals surface area contributed by atoms with Gasteiger partial charge in [0, 0.05) is 14.1 Å². The second-order valence-corrected chi connectivity index (χ2v) is 1.75. The molecule has 0 aliphatic heterocycles. The Morgan fingerprint density at radius 2 is 1.80 bits per heavy atom. The highest BCUT2D eigenvalue weighted by Gasteiger charge is 1.92. The summed E-state index contributed by atoms with van der Waals surface area (Å²) in [5, 5.41) is 6.70. The minimum Gasteiger partial charge on any atom is -0.369 e. The van der Waals surface area contributed by atoms with Gasteiger partial charge in [0.05, 0.1) is 0 Å². The summed E-state index contributed by atoms with van der Waals surface area (Å²) in [5.41, 5.74) is 10.2. The number of guanidine groups is 2. The first kappa shape index (κ1) is 11.5. The van der Waals surface area contributed by atoms with Gasteiger partial charge < -0.3 is 16.4 Å². The van der Waals surface area contributed by atoms with E-state index >= 15 is 0 Å². The van der Waals surface area contributed by atoms with Gasteiger partial charge in [0.2, 0.25) is 5.96 Å². The lowest BCUT2D eigenvalue weighted by Crippen LogP contribution is -2.32. The average molecular weight is 145 g/mol. The lowest BCUT2D eigenvalue weighted by atomic mass is 10.8. The van der Waals surface area contributed by atoms with E-state index in [-0.39, 0.29) is 19.3 Å². The van der Waals surface area contributed by atoms with Crippen LogP contribution in [-0.4, -0.2) is 30.9 Å². The molecule has 5 N–H and O–H groups in total. The van der Waals surface area contributed by atoms with Gasteiger partial charge in [-0.2, -0.15) is 4.99 Å². The fourth-order valence-corrected chi connectivity index (χ4v) is 0.223. The molecule has 0 rings (SSSR count). The van der Waals surface area contributed by atoms with Crippen LogP contribution in [0.3, 0.4) is 0 Å². The van der Waals surface area contributed by atoms with Crippen LogP contribution in [0.4, 0.5) is 0 Å². The van der Waals surface area contributed by atoms with Crippen LogP contribution in [0, 0.1) is 5.41 Å². The molecule has 0 radical (unpaired) electrons. The summed E-state index contributed by atoms with van der Waals surface area (Å²) >= 11 is 0. The molecular formula is C5H15N5. The van der Waals surface area contributed by atoms with Gasteiger partial charge in [0.25, 0.3) is 0 Å². The van der Waals surface area contributed by atoms with Crippen LogP contribution in [0.2, 0.25) is 0 Å². The number of hydrogen-bond acceptors (Lipinski definition) is 1. The Kier molecular flexibility index (Phi) is 5.31. The Hall–Kier alpha value is -1.26. The monoisotopic (exact) mass is 145 g/mol. The second-order valence-electron chi connectivity index (χ2n) is 1.75. The van der Waals surface area contributed by atoms with Crippen LogP contribution >= 0.6 is 0 Å². The Bertz CT molecular complexity index is 137. The van der Waals surface area contributed by atoms with Crippen molar-refractivity contribution >= 4 is 11.9 Å². The molecule has 0 saturated carbocycles. The van der Waals surface area contributed by atoms with Crippen molar-refractivity contribution < 1.29 is 0 Å². The standard InChI is InChI=1S/C4H11N5.CH4/c1-9(2)4(7)8-3(5)6;/h1-2H3,(H5,5,6,7,8);1H4. The zero-order valence-electron chi connectivity index (χ0n) is 5.55. The third kappa shape index (κ3) is 4.89. The summed E-state index contributed by atoms with van der Waals surface area (Å²) in [5.74, 6) is -0.0382. The van der Waals surface area contributed by atoms with Crippen LogP contribution in [0.15, 0.2) is 4.99 Å². The van der Waals surface area contributed by atoms with E-state index in [0.29, 0.717) is 0 Å². The predicted molar refractivity (Wildman–Crippen MR) is 44.0 cm³/mol. The third-order valence-corrected chi connectivity index (χ3v) is 0.693. The first-order valence-electron chi connectivity index (χ1n) is 2.39. The zero-order valence-corrected chi connectivity index (χ0v) is 5.55. The quantitative estimate of drug-likeness (QED) is 0.314. The molecule has 0 bridgehead atoms. The van der Waals surface area contributed by atoms with E-state index in [9.17, 15) is 0 Å². The number of nitrogens with zero attached hydrogens (tertiary/aromatic N) is 2. The van der Waals surface area contributed by atoms with Crippen LogP contribution < -0.4 is 11.5 Å². The van der Waals surface area contributed by atoms with Crippen molar-refractivity contribution in [2.75, 3.05) is 14.1 Å². The van der Waals surface area contributed by atoms with Gasteiger partial charge in [-0.05, 0) is 0 Å². The minimum atomic E-state index is -0.277. The van der Waals surface area contributed by atoms with Crippen molar-refractivity contribution in [1.29, 1.82) is 5.41 Å². The van der Waals surface area contributed by atoms with E-state index in [1.807, 2.05) is 0 Å². The summed E-state index contributed by atoms with van der Waals surface area (Å²) in [6, 6.07) is 0.